The third-order valence-corrected chi connectivity index (χ3v) is 2.60. The Morgan fingerprint density at radius 3 is 2.86 bits per heavy atom. The summed E-state index contributed by atoms with van der Waals surface area (Å²) in [7, 11) is 0. The number of anilines is 1. The van der Waals surface area contributed by atoms with Gasteiger partial charge in [0.15, 0.2) is 0 Å². The number of carbonyl (C=O) groups excluding carboxylic acids is 1. The molecule has 21 heavy (non-hydrogen) atoms. The van der Waals surface area contributed by atoms with Crippen LogP contribution in [0, 0.1) is 17.7 Å². The standard InChI is InChI=1S/C16H13FN2O2/c17-14-11-13(8-7-12(14)5-2-4-10-20)16(21)19-15-6-1-3-9-18-15/h1,3,6-9,11,20H,4,10H2,(H,18,19,21). The molecule has 4 nitrogen and oxygen atoms in total. The summed E-state index contributed by atoms with van der Waals surface area (Å²) in [5.41, 5.74) is 0.378. The average molecular weight is 284 g/mol. The monoisotopic (exact) mass is 284 g/mol. The number of hydrogen-bond donors (Lipinski definition) is 2. The third-order valence-electron chi connectivity index (χ3n) is 2.60. The Labute approximate surface area is 121 Å². The summed E-state index contributed by atoms with van der Waals surface area (Å²) in [5.74, 6) is 4.61. The summed E-state index contributed by atoms with van der Waals surface area (Å²) in [5, 5.41) is 11.2. The fourth-order valence-electron chi connectivity index (χ4n) is 1.60. The number of aliphatic hydroxyl groups excluding tert-OH is 1. The average Bonchev–Trinajstić information content (AvgIpc) is 2.50. The van der Waals surface area contributed by atoms with Crippen molar-refractivity contribution in [3.05, 3.63) is 59.5 Å². The van der Waals surface area contributed by atoms with Crippen LogP contribution in [0.15, 0.2) is 42.6 Å². The summed E-state index contributed by atoms with van der Waals surface area (Å²) in [6, 6.07) is 9.17. The van der Waals surface area contributed by atoms with Gasteiger partial charge in [-0.05, 0) is 30.3 Å². The first-order valence-electron chi connectivity index (χ1n) is 6.32. The molecule has 2 N–H and O–H groups in total. The lowest BCUT2D eigenvalue weighted by Gasteiger charge is -2.04. The number of rotatable bonds is 3. The first kappa shape index (κ1) is 14.7. The van der Waals surface area contributed by atoms with Crippen LogP contribution >= 0.6 is 0 Å². The lowest BCUT2D eigenvalue weighted by Crippen LogP contribution is -2.13. The van der Waals surface area contributed by atoms with Crippen LogP contribution < -0.4 is 5.32 Å². The largest absolute Gasteiger partial charge is 0.395 e. The van der Waals surface area contributed by atoms with Crippen LogP contribution in [0.25, 0.3) is 0 Å². The minimum Gasteiger partial charge on any atom is -0.395 e. The summed E-state index contributed by atoms with van der Waals surface area (Å²) in [6.45, 7) is -0.0703. The SMILES string of the molecule is O=C(Nc1ccccn1)c1ccc(C#CCCO)c(F)c1. The molecule has 0 fully saturated rings. The number of nitrogens with zero attached hydrogens (tertiary/aromatic N) is 1. The van der Waals surface area contributed by atoms with Crippen LogP contribution in [0.5, 0.6) is 0 Å². The Balaban J connectivity index is 2.13. The molecule has 1 aromatic heterocycles. The molecule has 2 aromatic rings. The Hall–Kier alpha value is -2.71. The highest BCUT2D eigenvalue weighted by Gasteiger charge is 2.09. The van der Waals surface area contributed by atoms with E-state index < -0.39 is 11.7 Å². The quantitative estimate of drug-likeness (QED) is 0.849. The van der Waals surface area contributed by atoms with Gasteiger partial charge in [0.25, 0.3) is 5.91 Å². The molecule has 0 aliphatic carbocycles. The molecule has 2 rings (SSSR count). The van der Waals surface area contributed by atoms with Crippen molar-refractivity contribution in [2.24, 2.45) is 0 Å². The molecule has 0 saturated carbocycles. The molecule has 0 saturated heterocycles. The van der Waals surface area contributed by atoms with Crippen molar-refractivity contribution in [3.8, 4) is 11.8 Å². The molecule has 1 heterocycles. The first-order chi connectivity index (χ1) is 10.2. The van der Waals surface area contributed by atoms with Crippen LogP contribution in [-0.4, -0.2) is 22.6 Å². The lowest BCUT2D eigenvalue weighted by molar-refractivity contribution is 0.102. The third kappa shape index (κ3) is 4.13. The highest BCUT2D eigenvalue weighted by molar-refractivity contribution is 6.03. The zero-order chi connectivity index (χ0) is 15.1. The number of benzene rings is 1. The molecule has 1 amide bonds. The van der Waals surface area contributed by atoms with E-state index in [1.807, 2.05) is 0 Å². The number of aliphatic hydroxyl groups is 1. The van der Waals surface area contributed by atoms with Crippen LogP contribution in [0.2, 0.25) is 0 Å². The number of hydrogen-bond acceptors (Lipinski definition) is 3. The lowest BCUT2D eigenvalue weighted by atomic mass is 10.1. The number of nitrogens with one attached hydrogen (secondary N) is 1. The van der Waals surface area contributed by atoms with Crippen molar-refractivity contribution < 1.29 is 14.3 Å². The number of amides is 1. The highest BCUT2D eigenvalue weighted by Crippen LogP contribution is 2.11. The number of pyridine rings is 1. The van der Waals surface area contributed by atoms with Crippen molar-refractivity contribution in [1.29, 1.82) is 0 Å². The molecular formula is C16H13FN2O2. The number of halogens is 1. The van der Waals surface area contributed by atoms with E-state index in [-0.39, 0.29) is 24.2 Å². The van der Waals surface area contributed by atoms with Gasteiger partial charge in [0, 0.05) is 18.2 Å². The zero-order valence-corrected chi connectivity index (χ0v) is 11.1. The van der Waals surface area contributed by atoms with Gasteiger partial charge in [0.2, 0.25) is 0 Å². The van der Waals surface area contributed by atoms with Crippen LogP contribution in [-0.2, 0) is 0 Å². The Morgan fingerprint density at radius 2 is 2.19 bits per heavy atom. The molecule has 0 aliphatic rings. The normalized spacial score (nSPS) is 9.62. The van der Waals surface area contributed by atoms with E-state index in [0.29, 0.717) is 5.82 Å². The molecule has 106 valence electrons. The van der Waals surface area contributed by atoms with Crippen molar-refractivity contribution in [3.63, 3.8) is 0 Å². The van der Waals surface area contributed by atoms with Gasteiger partial charge < -0.3 is 10.4 Å². The predicted octanol–water partition coefficient (Wildman–Crippen LogP) is 2.21. The van der Waals surface area contributed by atoms with E-state index in [4.69, 9.17) is 5.11 Å². The minimum absolute atomic E-state index is 0.0703. The van der Waals surface area contributed by atoms with E-state index in [1.54, 1.807) is 24.4 Å². The van der Waals surface area contributed by atoms with Gasteiger partial charge in [-0.3, -0.25) is 4.79 Å². The van der Waals surface area contributed by atoms with Gasteiger partial charge in [-0.25, -0.2) is 9.37 Å². The second-order valence-corrected chi connectivity index (χ2v) is 4.14. The van der Waals surface area contributed by atoms with Crippen molar-refractivity contribution in [2.45, 2.75) is 6.42 Å². The molecule has 0 spiro atoms. The van der Waals surface area contributed by atoms with Crippen molar-refractivity contribution in [2.75, 3.05) is 11.9 Å². The van der Waals surface area contributed by atoms with Crippen LogP contribution in [0.4, 0.5) is 10.2 Å². The van der Waals surface area contributed by atoms with E-state index in [0.717, 1.165) is 6.07 Å². The number of aromatic nitrogens is 1. The Bertz CT molecular complexity index is 690. The Kier molecular flexibility index (Phi) is 5.02. The molecule has 0 aliphatic heterocycles. The minimum atomic E-state index is -0.575. The summed E-state index contributed by atoms with van der Waals surface area (Å²) in [4.78, 5) is 15.9. The van der Waals surface area contributed by atoms with E-state index in [2.05, 4.69) is 22.1 Å². The van der Waals surface area contributed by atoms with Gasteiger partial charge in [-0.1, -0.05) is 17.9 Å². The summed E-state index contributed by atoms with van der Waals surface area (Å²) in [6.07, 6.45) is 1.83. The second-order valence-electron chi connectivity index (χ2n) is 4.14. The first-order valence-corrected chi connectivity index (χ1v) is 6.32. The topological polar surface area (TPSA) is 62.2 Å². The highest BCUT2D eigenvalue weighted by atomic mass is 19.1. The molecule has 0 radical (unpaired) electrons. The fourth-order valence-corrected chi connectivity index (χ4v) is 1.60. The van der Waals surface area contributed by atoms with Gasteiger partial charge in [-0.15, -0.1) is 0 Å². The summed E-state index contributed by atoms with van der Waals surface area (Å²) < 4.78 is 13.8. The molecule has 0 bridgehead atoms. The Morgan fingerprint density at radius 1 is 1.33 bits per heavy atom. The summed E-state index contributed by atoms with van der Waals surface area (Å²) >= 11 is 0. The van der Waals surface area contributed by atoms with Gasteiger partial charge >= 0.3 is 0 Å². The maximum absolute atomic E-state index is 13.8. The predicted molar refractivity (Wildman–Crippen MR) is 77.2 cm³/mol. The van der Waals surface area contributed by atoms with Crippen molar-refractivity contribution >= 4 is 11.7 Å². The molecular weight excluding hydrogens is 271 g/mol. The van der Waals surface area contributed by atoms with E-state index in [1.165, 1.54) is 12.1 Å². The molecule has 1 aromatic carbocycles. The van der Waals surface area contributed by atoms with Gasteiger partial charge in [0.05, 0.1) is 12.2 Å². The second kappa shape index (κ2) is 7.17. The molecule has 0 atom stereocenters. The van der Waals surface area contributed by atoms with Gasteiger partial charge in [-0.2, -0.15) is 0 Å². The molecule has 5 heteroatoms. The maximum Gasteiger partial charge on any atom is 0.256 e. The zero-order valence-electron chi connectivity index (χ0n) is 11.1. The van der Waals surface area contributed by atoms with Crippen LogP contribution in [0.3, 0.4) is 0 Å². The van der Waals surface area contributed by atoms with E-state index >= 15 is 0 Å². The van der Waals surface area contributed by atoms with Gasteiger partial charge in [0.1, 0.15) is 11.6 Å². The van der Waals surface area contributed by atoms with E-state index in [9.17, 15) is 9.18 Å². The van der Waals surface area contributed by atoms with Crippen LogP contribution in [0.1, 0.15) is 22.3 Å². The van der Waals surface area contributed by atoms with Crippen molar-refractivity contribution in [1.82, 2.24) is 4.98 Å². The fraction of sp³-hybridized carbons (Fsp3) is 0.125. The smallest absolute Gasteiger partial charge is 0.256 e. The molecule has 0 unspecified atom stereocenters. The maximum atomic E-state index is 13.8. The number of carbonyl (C=O) groups is 1.